The van der Waals surface area contributed by atoms with Gasteiger partial charge in [-0.1, -0.05) is 6.92 Å². The lowest BCUT2D eigenvalue weighted by molar-refractivity contribution is -0.475. The Morgan fingerprint density at radius 1 is 0.889 bits per heavy atom. The first-order chi connectivity index (χ1) is 16.1. The van der Waals surface area contributed by atoms with Crippen LogP contribution < -0.4 is 5.32 Å². The number of anilines is 1. The number of rotatable bonds is 4. The summed E-state index contributed by atoms with van der Waals surface area (Å²) in [7, 11) is 0. The fraction of sp³-hybridized carbons (Fsp3) is 0.700. The lowest BCUT2D eigenvalue weighted by Gasteiger charge is -2.51. The Hall–Kier alpha value is -2.13. The topological polar surface area (TPSA) is 55.4 Å². The molecule has 0 aliphatic heterocycles. The number of fused-ring (bicyclic) bond motifs is 1. The van der Waals surface area contributed by atoms with E-state index in [-0.39, 0.29) is 24.3 Å². The molecule has 0 spiro atoms. The minimum Gasteiger partial charge on any atom is -0.459 e. The zero-order valence-electron chi connectivity index (χ0n) is 18.6. The minimum absolute atomic E-state index is 0.0205. The molecule has 1 N–H and O–H groups in total. The molecular weight excluding hydrogens is 543 g/mol. The second-order valence-electron chi connectivity index (χ2n) is 8.99. The van der Waals surface area contributed by atoms with Crippen molar-refractivity contribution in [3.63, 3.8) is 0 Å². The van der Waals surface area contributed by atoms with Crippen molar-refractivity contribution in [1.82, 2.24) is 0 Å². The van der Waals surface area contributed by atoms with E-state index in [2.05, 4.69) is 0 Å². The maximum absolute atomic E-state index is 15.1. The predicted octanol–water partition coefficient (Wildman–Crippen LogP) is 6.28. The van der Waals surface area contributed by atoms with E-state index in [1.54, 1.807) is 6.92 Å². The summed E-state index contributed by atoms with van der Waals surface area (Å²) in [5, 5.41) is 0.174. The summed E-state index contributed by atoms with van der Waals surface area (Å²) in [5.41, 5.74) is -7.29. The van der Waals surface area contributed by atoms with Crippen LogP contribution >= 0.6 is 11.3 Å². The van der Waals surface area contributed by atoms with Gasteiger partial charge in [-0.2, -0.15) is 43.9 Å². The molecule has 0 bridgehead atoms. The van der Waals surface area contributed by atoms with Crippen LogP contribution in [0.3, 0.4) is 0 Å². The van der Waals surface area contributed by atoms with Crippen molar-refractivity contribution in [2.75, 3.05) is 5.32 Å². The molecule has 1 aromatic rings. The van der Waals surface area contributed by atoms with Crippen LogP contribution in [0.4, 0.5) is 53.3 Å². The summed E-state index contributed by atoms with van der Waals surface area (Å²) in [4.78, 5) is 25.3. The number of alkyl halides is 11. The molecule has 1 saturated carbocycles. The normalized spacial score (nSPS) is 26.7. The lowest BCUT2D eigenvalue weighted by Crippen LogP contribution is -2.86. The number of carbonyl (C=O) groups is 2. The molecule has 204 valence electrons. The quantitative estimate of drug-likeness (QED) is 0.348. The Balaban J connectivity index is 2.17. The van der Waals surface area contributed by atoms with Crippen LogP contribution in [0.25, 0.3) is 0 Å². The third kappa shape index (κ3) is 3.37. The number of esters is 1. The predicted molar refractivity (Wildman–Crippen MR) is 103 cm³/mol. The van der Waals surface area contributed by atoms with E-state index in [9.17, 15) is 53.5 Å². The number of ether oxygens (including phenoxy) is 1. The van der Waals surface area contributed by atoms with Crippen molar-refractivity contribution in [3.8, 4) is 0 Å². The highest BCUT2D eigenvalue weighted by Crippen LogP contribution is 2.69. The first-order valence-electron chi connectivity index (χ1n) is 10.3. The van der Waals surface area contributed by atoms with Crippen molar-refractivity contribution >= 4 is 28.2 Å². The Labute approximate surface area is 200 Å². The summed E-state index contributed by atoms with van der Waals surface area (Å²) in [6.07, 6.45) is -0.0116. The van der Waals surface area contributed by atoms with Crippen LogP contribution in [0.1, 0.15) is 48.0 Å². The van der Waals surface area contributed by atoms with Gasteiger partial charge in [0.1, 0.15) is 5.00 Å². The third-order valence-electron chi connectivity index (χ3n) is 6.04. The fourth-order valence-electron chi connectivity index (χ4n) is 4.02. The Kier molecular flexibility index (Phi) is 6.47. The van der Waals surface area contributed by atoms with Crippen LogP contribution in [0, 0.1) is 5.92 Å². The van der Waals surface area contributed by atoms with Gasteiger partial charge in [0.25, 0.3) is 5.91 Å². The van der Waals surface area contributed by atoms with Gasteiger partial charge in [-0.25, -0.2) is 9.18 Å². The highest BCUT2D eigenvalue weighted by molar-refractivity contribution is 7.17. The van der Waals surface area contributed by atoms with E-state index < -0.39 is 63.8 Å². The highest BCUT2D eigenvalue weighted by atomic mass is 32.1. The molecule has 0 saturated heterocycles. The Bertz CT molecular complexity index is 1050. The maximum Gasteiger partial charge on any atom is 0.384 e. The largest absolute Gasteiger partial charge is 0.459 e. The SMILES string of the molecule is CC1CCc2c(sc(NC(=O)C3(F)C(F)(F)C(F)(F)C(F)(F)C(F)(F)C3(F)F)c2C(=O)OC(C)C)C1. The van der Waals surface area contributed by atoms with Gasteiger partial charge in [0.15, 0.2) is 0 Å². The van der Waals surface area contributed by atoms with Crippen LogP contribution in [0.15, 0.2) is 0 Å². The number of carbonyl (C=O) groups excluding carboxylic acids is 2. The zero-order valence-corrected chi connectivity index (χ0v) is 19.4. The number of amides is 1. The second kappa shape index (κ2) is 8.18. The number of hydrogen-bond donors (Lipinski definition) is 1. The monoisotopic (exact) mass is 561 g/mol. The molecule has 4 nitrogen and oxygen atoms in total. The molecule has 0 aromatic carbocycles. The van der Waals surface area contributed by atoms with E-state index in [1.165, 1.54) is 13.8 Å². The Morgan fingerprint density at radius 3 is 1.83 bits per heavy atom. The van der Waals surface area contributed by atoms with E-state index in [1.807, 2.05) is 0 Å². The van der Waals surface area contributed by atoms with E-state index >= 15 is 4.39 Å². The van der Waals surface area contributed by atoms with Gasteiger partial charge in [0.2, 0.25) is 0 Å². The molecule has 16 heteroatoms. The standard InChI is InChI=1S/C20H18F11NO3S/c1-7(2)35-13(33)11-9-5-4-8(3)6-10(9)36-12(11)32-14(34)15(21)16(22,23)18(26,27)20(30,31)19(28,29)17(15,24)25/h7-8H,4-6H2,1-3H3,(H,32,34). The smallest absolute Gasteiger partial charge is 0.384 e. The molecule has 1 atom stereocenters. The van der Waals surface area contributed by atoms with Crippen LogP contribution in [-0.4, -0.2) is 53.3 Å². The van der Waals surface area contributed by atoms with Gasteiger partial charge in [-0.3, -0.25) is 4.79 Å². The fourth-order valence-corrected chi connectivity index (χ4v) is 5.42. The number of thiophene rings is 1. The van der Waals surface area contributed by atoms with Crippen molar-refractivity contribution in [3.05, 3.63) is 16.0 Å². The van der Waals surface area contributed by atoms with Crippen molar-refractivity contribution in [2.24, 2.45) is 5.92 Å². The average molecular weight is 561 g/mol. The molecule has 2 aliphatic carbocycles. The zero-order chi connectivity index (χ0) is 27.9. The maximum atomic E-state index is 15.1. The van der Waals surface area contributed by atoms with Gasteiger partial charge in [-0.05, 0) is 44.6 Å². The molecule has 1 fully saturated rings. The number of hydrogen-bond acceptors (Lipinski definition) is 4. The highest BCUT2D eigenvalue weighted by Gasteiger charge is 3.02. The summed E-state index contributed by atoms with van der Waals surface area (Å²) in [5.74, 6) is -41.6. The van der Waals surface area contributed by atoms with Crippen molar-refractivity contribution in [2.45, 2.75) is 81.4 Å². The summed E-state index contributed by atoms with van der Waals surface area (Å²) >= 11 is 0.400. The Morgan fingerprint density at radius 2 is 1.36 bits per heavy atom. The summed E-state index contributed by atoms with van der Waals surface area (Å²) in [6, 6.07) is 0. The van der Waals surface area contributed by atoms with Crippen LogP contribution in [0.2, 0.25) is 0 Å². The average Bonchev–Trinajstić information content (AvgIpc) is 3.07. The molecular formula is C20H18F11NO3S. The van der Waals surface area contributed by atoms with E-state index in [4.69, 9.17) is 4.74 Å². The van der Waals surface area contributed by atoms with Crippen LogP contribution in [-0.2, 0) is 22.4 Å². The van der Waals surface area contributed by atoms with Gasteiger partial charge in [-0.15, -0.1) is 11.3 Å². The molecule has 2 aliphatic rings. The molecule has 1 heterocycles. The third-order valence-corrected chi connectivity index (χ3v) is 7.21. The molecule has 3 rings (SSSR count). The minimum atomic E-state index is -7.44. The molecule has 1 unspecified atom stereocenters. The van der Waals surface area contributed by atoms with E-state index in [0.717, 1.165) is 5.32 Å². The summed E-state index contributed by atoms with van der Waals surface area (Å²) in [6.45, 7) is 4.51. The molecule has 36 heavy (non-hydrogen) atoms. The first-order valence-corrected chi connectivity index (χ1v) is 11.2. The molecule has 1 amide bonds. The summed E-state index contributed by atoms with van der Waals surface area (Å²) < 4.78 is 159. The number of halogens is 11. The first kappa shape index (κ1) is 28.4. The lowest BCUT2D eigenvalue weighted by atomic mass is 9.71. The van der Waals surface area contributed by atoms with Crippen molar-refractivity contribution in [1.29, 1.82) is 0 Å². The molecule has 0 radical (unpaired) electrons. The van der Waals surface area contributed by atoms with Gasteiger partial charge >= 0.3 is 41.3 Å². The molecule has 1 aromatic heterocycles. The van der Waals surface area contributed by atoms with Gasteiger partial charge < -0.3 is 10.1 Å². The van der Waals surface area contributed by atoms with Gasteiger partial charge in [0.05, 0.1) is 11.7 Å². The van der Waals surface area contributed by atoms with Crippen LogP contribution in [0.5, 0.6) is 0 Å². The second-order valence-corrected chi connectivity index (χ2v) is 10.1. The van der Waals surface area contributed by atoms with Crippen molar-refractivity contribution < 1.29 is 62.6 Å². The van der Waals surface area contributed by atoms with E-state index in [0.29, 0.717) is 22.6 Å². The number of nitrogens with one attached hydrogen (secondary N) is 1. The van der Waals surface area contributed by atoms with Gasteiger partial charge in [0, 0.05) is 4.88 Å².